The predicted molar refractivity (Wildman–Crippen MR) is 63.8 cm³/mol. The summed E-state index contributed by atoms with van der Waals surface area (Å²) in [6.45, 7) is 0. The van der Waals surface area contributed by atoms with Crippen LogP contribution in [0.25, 0.3) is 10.9 Å². The number of ether oxygens (including phenoxy) is 1. The highest BCUT2D eigenvalue weighted by atomic mass is 16.5. The number of nitrogens with zero attached hydrogens (tertiary/aromatic N) is 2. The lowest BCUT2D eigenvalue weighted by Crippen LogP contribution is -2.11. The first-order chi connectivity index (χ1) is 8.24. The van der Waals surface area contributed by atoms with E-state index < -0.39 is 0 Å². The predicted octanol–water partition coefficient (Wildman–Crippen LogP) is 1.74. The van der Waals surface area contributed by atoms with E-state index >= 15 is 0 Å². The van der Waals surface area contributed by atoms with E-state index in [-0.39, 0.29) is 5.97 Å². The second-order valence-corrected chi connectivity index (χ2v) is 4.25. The first-order valence-electron chi connectivity index (χ1n) is 5.55. The fourth-order valence-electron chi connectivity index (χ4n) is 2.20. The third kappa shape index (κ3) is 1.39. The van der Waals surface area contributed by atoms with Crippen LogP contribution in [0.3, 0.4) is 0 Å². The fraction of sp³-hybridized carbons (Fsp3) is 0.333. The molecule has 1 aliphatic rings. The summed E-state index contributed by atoms with van der Waals surface area (Å²) in [4.78, 5) is 15.9. The van der Waals surface area contributed by atoms with Crippen molar-refractivity contribution in [3.05, 3.63) is 24.2 Å². The number of fused-ring (bicyclic) bond motifs is 1. The summed E-state index contributed by atoms with van der Waals surface area (Å²) >= 11 is 0. The maximum absolute atomic E-state index is 11.8. The van der Waals surface area contributed by atoms with Crippen molar-refractivity contribution in [1.29, 1.82) is 0 Å². The number of nitrogens with two attached hydrogens (primary N) is 1. The van der Waals surface area contributed by atoms with Crippen LogP contribution in [-0.4, -0.2) is 22.6 Å². The van der Waals surface area contributed by atoms with Crippen molar-refractivity contribution in [1.82, 2.24) is 9.55 Å². The Bertz CT molecular complexity index is 599. The largest absolute Gasteiger partial charge is 0.464 e. The molecule has 88 valence electrons. The van der Waals surface area contributed by atoms with Gasteiger partial charge >= 0.3 is 5.97 Å². The minimum Gasteiger partial charge on any atom is -0.464 e. The number of pyridine rings is 1. The van der Waals surface area contributed by atoms with E-state index in [0.717, 1.165) is 23.7 Å². The first-order valence-corrected chi connectivity index (χ1v) is 5.55. The van der Waals surface area contributed by atoms with Crippen LogP contribution in [0.1, 0.15) is 29.4 Å². The number of esters is 1. The lowest BCUT2D eigenvalue weighted by Gasteiger charge is -2.07. The van der Waals surface area contributed by atoms with Crippen LogP contribution >= 0.6 is 0 Å². The number of rotatable bonds is 2. The fourth-order valence-corrected chi connectivity index (χ4v) is 2.20. The minimum absolute atomic E-state index is 0.367. The van der Waals surface area contributed by atoms with Crippen LogP contribution in [0.5, 0.6) is 0 Å². The highest BCUT2D eigenvalue weighted by molar-refractivity contribution is 6.05. The summed E-state index contributed by atoms with van der Waals surface area (Å²) in [5.41, 5.74) is 7.90. The smallest absolute Gasteiger partial charge is 0.356 e. The van der Waals surface area contributed by atoms with Crippen molar-refractivity contribution in [3.63, 3.8) is 0 Å². The molecule has 3 rings (SSSR count). The van der Waals surface area contributed by atoms with Gasteiger partial charge in [-0.05, 0) is 18.9 Å². The van der Waals surface area contributed by atoms with Gasteiger partial charge in [0.05, 0.1) is 18.3 Å². The Labute approximate surface area is 98.2 Å². The van der Waals surface area contributed by atoms with Gasteiger partial charge in [-0.3, -0.25) is 4.98 Å². The standard InChI is InChI=1S/C12H13N3O2/c1-17-12(16)11-10(13)8-6-14-5-4-9(8)15(11)7-2-3-7/h4-7H,2-3,13H2,1H3. The topological polar surface area (TPSA) is 70.1 Å². The van der Waals surface area contributed by atoms with E-state index in [9.17, 15) is 4.79 Å². The molecule has 0 saturated heterocycles. The van der Waals surface area contributed by atoms with Gasteiger partial charge in [-0.25, -0.2) is 4.79 Å². The molecule has 2 N–H and O–H groups in total. The Morgan fingerprint density at radius 1 is 1.59 bits per heavy atom. The Morgan fingerprint density at radius 3 is 3.00 bits per heavy atom. The van der Waals surface area contributed by atoms with Crippen molar-refractivity contribution < 1.29 is 9.53 Å². The molecular weight excluding hydrogens is 218 g/mol. The number of hydrogen-bond acceptors (Lipinski definition) is 4. The number of carbonyl (C=O) groups excluding carboxylic acids is 1. The van der Waals surface area contributed by atoms with Crippen LogP contribution in [0.15, 0.2) is 18.5 Å². The first kappa shape index (κ1) is 10.1. The molecule has 1 saturated carbocycles. The molecule has 0 radical (unpaired) electrons. The van der Waals surface area contributed by atoms with E-state index in [1.165, 1.54) is 7.11 Å². The summed E-state index contributed by atoms with van der Waals surface area (Å²) in [6.07, 6.45) is 5.56. The van der Waals surface area contributed by atoms with Gasteiger partial charge in [0.1, 0.15) is 0 Å². The molecule has 5 nitrogen and oxygen atoms in total. The summed E-state index contributed by atoms with van der Waals surface area (Å²) < 4.78 is 6.79. The van der Waals surface area contributed by atoms with Crippen molar-refractivity contribution in [2.75, 3.05) is 12.8 Å². The molecule has 5 heteroatoms. The Hall–Kier alpha value is -2.04. The zero-order chi connectivity index (χ0) is 12.0. The van der Waals surface area contributed by atoms with E-state index in [1.54, 1.807) is 12.4 Å². The molecule has 2 aromatic heterocycles. The number of nitrogen functional groups attached to an aromatic ring is 1. The second-order valence-electron chi connectivity index (χ2n) is 4.25. The van der Waals surface area contributed by atoms with E-state index in [2.05, 4.69) is 4.98 Å². The van der Waals surface area contributed by atoms with Gasteiger partial charge in [-0.1, -0.05) is 0 Å². The van der Waals surface area contributed by atoms with Gasteiger partial charge in [0.2, 0.25) is 0 Å². The maximum atomic E-state index is 11.8. The van der Waals surface area contributed by atoms with Crippen molar-refractivity contribution >= 4 is 22.6 Å². The molecule has 2 aromatic rings. The van der Waals surface area contributed by atoms with Gasteiger partial charge in [0, 0.05) is 23.8 Å². The summed E-state index contributed by atoms with van der Waals surface area (Å²) in [5, 5.41) is 0.819. The van der Waals surface area contributed by atoms with Crippen molar-refractivity contribution in [3.8, 4) is 0 Å². The average molecular weight is 231 g/mol. The molecule has 0 bridgehead atoms. The summed E-state index contributed by atoms with van der Waals surface area (Å²) in [6, 6.07) is 2.25. The molecule has 0 amide bonds. The third-order valence-corrected chi connectivity index (χ3v) is 3.13. The quantitative estimate of drug-likeness (QED) is 0.799. The monoisotopic (exact) mass is 231 g/mol. The van der Waals surface area contributed by atoms with Gasteiger partial charge in [-0.2, -0.15) is 0 Å². The number of anilines is 1. The lowest BCUT2D eigenvalue weighted by molar-refractivity contribution is 0.0590. The van der Waals surface area contributed by atoms with E-state index in [0.29, 0.717) is 17.4 Å². The van der Waals surface area contributed by atoms with Crippen LogP contribution in [-0.2, 0) is 4.74 Å². The molecule has 0 spiro atoms. The second kappa shape index (κ2) is 3.48. The van der Waals surface area contributed by atoms with Crippen LogP contribution in [0.4, 0.5) is 5.69 Å². The number of hydrogen-bond donors (Lipinski definition) is 1. The molecular formula is C12H13N3O2. The molecule has 0 aromatic carbocycles. The zero-order valence-electron chi connectivity index (χ0n) is 9.51. The van der Waals surface area contributed by atoms with Crippen LogP contribution in [0, 0.1) is 0 Å². The summed E-state index contributed by atoms with van der Waals surface area (Å²) in [7, 11) is 1.37. The number of aromatic nitrogens is 2. The van der Waals surface area contributed by atoms with Crippen molar-refractivity contribution in [2.45, 2.75) is 18.9 Å². The molecule has 2 heterocycles. The Kier molecular flexibility index (Phi) is 2.07. The van der Waals surface area contributed by atoms with Crippen molar-refractivity contribution in [2.24, 2.45) is 0 Å². The van der Waals surface area contributed by atoms with Gasteiger partial charge < -0.3 is 15.0 Å². The number of methoxy groups -OCH3 is 1. The molecule has 1 fully saturated rings. The molecule has 0 atom stereocenters. The zero-order valence-corrected chi connectivity index (χ0v) is 9.51. The minimum atomic E-state index is -0.384. The SMILES string of the molecule is COC(=O)c1c(N)c2cnccc2n1C1CC1. The summed E-state index contributed by atoms with van der Waals surface area (Å²) in [5.74, 6) is -0.384. The van der Waals surface area contributed by atoms with Gasteiger partial charge in [-0.15, -0.1) is 0 Å². The van der Waals surface area contributed by atoms with E-state index in [1.807, 2.05) is 10.6 Å². The lowest BCUT2D eigenvalue weighted by atomic mass is 10.3. The molecule has 17 heavy (non-hydrogen) atoms. The maximum Gasteiger partial charge on any atom is 0.356 e. The van der Waals surface area contributed by atoms with Gasteiger partial charge in [0.25, 0.3) is 0 Å². The Morgan fingerprint density at radius 2 is 2.35 bits per heavy atom. The highest BCUT2D eigenvalue weighted by Crippen LogP contribution is 2.42. The third-order valence-electron chi connectivity index (χ3n) is 3.13. The molecule has 0 unspecified atom stereocenters. The highest BCUT2D eigenvalue weighted by Gasteiger charge is 2.32. The van der Waals surface area contributed by atoms with Crippen LogP contribution < -0.4 is 5.73 Å². The molecule has 1 aliphatic carbocycles. The molecule has 0 aliphatic heterocycles. The van der Waals surface area contributed by atoms with E-state index in [4.69, 9.17) is 10.5 Å². The normalized spacial score (nSPS) is 15.1. The average Bonchev–Trinajstić information content (AvgIpc) is 3.15. The van der Waals surface area contributed by atoms with Crippen LogP contribution in [0.2, 0.25) is 0 Å². The number of carbonyl (C=O) groups is 1. The Balaban J connectivity index is 2.34. The van der Waals surface area contributed by atoms with Gasteiger partial charge in [0.15, 0.2) is 5.69 Å².